The van der Waals surface area contributed by atoms with E-state index in [-0.39, 0.29) is 17.0 Å². The Kier molecular flexibility index (Phi) is 3.86. The van der Waals surface area contributed by atoms with Gasteiger partial charge in [0.05, 0.1) is 0 Å². The monoisotopic (exact) mass is 359 g/mol. The van der Waals surface area contributed by atoms with Crippen LogP contribution in [0.15, 0.2) is 53.7 Å². The second-order valence-electron chi connectivity index (χ2n) is 5.39. The number of benzene rings is 2. The highest BCUT2D eigenvalue weighted by molar-refractivity contribution is 7.99. The van der Waals surface area contributed by atoms with Crippen LogP contribution in [0.4, 0.5) is 4.39 Å². The Morgan fingerprint density at radius 2 is 1.83 bits per heavy atom. The van der Waals surface area contributed by atoms with Gasteiger partial charge in [-0.2, -0.15) is 4.68 Å². The summed E-state index contributed by atoms with van der Waals surface area (Å²) in [4.78, 5) is 16.9. The molecule has 4 rings (SSSR count). The lowest BCUT2D eigenvalue weighted by Gasteiger charge is -2.20. The van der Waals surface area contributed by atoms with Crippen molar-refractivity contribution in [3.05, 3.63) is 64.9 Å². The standard InChI is InChI=1S/C17H11ClFN3OS/c18-12-5-1-11(2-6-12)16-20-17-22(21-16)15(23)9-14(24-17)10-3-7-13(19)8-4-10/h1-8,14H,9H2. The number of fused-ring (bicyclic) bond motifs is 1. The molecule has 1 aromatic heterocycles. The van der Waals surface area contributed by atoms with Crippen LogP contribution in [0.1, 0.15) is 22.0 Å². The van der Waals surface area contributed by atoms with Crippen LogP contribution in [0.5, 0.6) is 0 Å². The van der Waals surface area contributed by atoms with E-state index < -0.39 is 0 Å². The van der Waals surface area contributed by atoms with Crippen molar-refractivity contribution >= 4 is 29.3 Å². The first kappa shape index (κ1) is 15.4. The van der Waals surface area contributed by atoms with Gasteiger partial charge in [0.25, 0.3) is 5.91 Å². The van der Waals surface area contributed by atoms with Crippen molar-refractivity contribution in [2.75, 3.05) is 0 Å². The number of thioether (sulfide) groups is 1. The zero-order valence-corrected chi connectivity index (χ0v) is 13.9. The van der Waals surface area contributed by atoms with Crippen LogP contribution >= 0.6 is 23.4 Å². The average molecular weight is 360 g/mol. The van der Waals surface area contributed by atoms with Crippen LogP contribution in [-0.4, -0.2) is 20.7 Å². The van der Waals surface area contributed by atoms with Crippen LogP contribution in [0.3, 0.4) is 0 Å². The highest BCUT2D eigenvalue weighted by Crippen LogP contribution is 2.41. The molecule has 24 heavy (non-hydrogen) atoms. The largest absolute Gasteiger partial charge is 0.272 e. The third-order valence-electron chi connectivity index (χ3n) is 3.77. The molecule has 4 nitrogen and oxygen atoms in total. The second-order valence-corrected chi connectivity index (χ2v) is 7.00. The lowest BCUT2D eigenvalue weighted by molar-refractivity contribution is 0.0868. The molecule has 1 aliphatic rings. The second kappa shape index (κ2) is 6.03. The van der Waals surface area contributed by atoms with Gasteiger partial charge in [0.2, 0.25) is 0 Å². The zero-order chi connectivity index (χ0) is 16.7. The minimum atomic E-state index is -0.293. The maximum Gasteiger partial charge on any atom is 0.250 e. The van der Waals surface area contributed by atoms with Crippen LogP contribution in [0.2, 0.25) is 5.02 Å². The Morgan fingerprint density at radius 1 is 1.12 bits per heavy atom. The smallest absolute Gasteiger partial charge is 0.250 e. The lowest BCUT2D eigenvalue weighted by Crippen LogP contribution is -2.20. The van der Waals surface area contributed by atoms with E-state index in [0.29, 0.717) is 22.4 Å². The van der Waals surface area contributed by atoms with Gasteiger partial charge in [0, 0.05) is 22.3 Å². The first-order chi connectivity index (χ1) is 11.6. The fourth-order valence-electron chi connectivity index (χ4n) is 2.54. The quantitative estimate of drug-likeness (QED) is 0.670. The first-order valence-electron chi connectivity index (χ1n) is 7.28. The minimum absolute atomic E-state index is 0.0899. The Hall–Kier alpha value is -2.18. The molecule has 0 fully saturated rings. The molecule has 1 unspecified atom stereocenters. The minimum Gasteiger partial charge on any atom is -0.272 e. The van der Waals surface area contributed by atoms with Crippen LogP contribution in [-0.2, 0) is 0 Å². The predicted octanol–water partition coefficient (Wildman–Crippen LogP) is 4.61. The van der Waals surface area contributed by atoms with Crippen molar-refractivity contribution in [2.24, 2.45) is 0 Å². The average Bonchev–Trinajstić information content (AvgIpc) is 3.01. The molecule has 0 aliphatic carbocycles. The van der Waals surface area contributed by atoms with Crippen LogP contribution < -0.4 is 0 Å². The van der Waals surface area contributed by atoms with Gasteiger partial charge in [0.15, 0.2) is 11.0 Å². The fourth-order valence-corrected chi connectivity index (χ4v) is 3.82. The molecule has 120 valence electrons. The third kappa shape index (κ3) is 2.83. The number of hydrogen-bond donors (Lipinski definition) is 0. The van der Waals surface area contributed by atoms with Gasteiger partial charge in [-0.25, -0.2) is 9.37 Å². The van der Waals surface area contributed by atoms with Crippen LogP contribution in [0.25, 0.3) is 11.4 Å². The summed E-state index contributed by atoms with van der Waals surface area (Å²) in [5, 5.41) is 5.39. The molecule has 1 atom stereocenters. The molecule has 2 heterocycles. The summed E-state index contributed by atoms with van der Waals surface area (Å²) in [5.74, 6) is 0.0761. The molecule has 3 aromatic rings. The van der Waals surface area contributed by atoms with Gasteiger partial charge >= 0.3 is 0 Å². The molecule has 0 saturated carbocycles. The fraction of sp³-hybridized carbons (Fsp3) is 0.118. The summed E-state index contributed by atoms with van der Waals surface area (Å²) in [6.07, 6.45) is 0.298. The molecular weight excluding hydrogens is 349 g/mol. The number of nitrogens with zero attached hydrogens (tertiary/aromatic N) is 3. The molecule has 7 heteroatoms. The van der Waals surface area contributed by atoms with Crippen molar-refractivity contribution in [3.8, 4) is 11.4 Å². The van der Waals surface area contributed by atoms with E-state index in [0.717, 1.165) is 11.1 Å². The number of aromatic nitrogens is 3. The molecule has 0 spiro atoms. The van der Waals surface area contributed by atoms with Gasteiger partial charge in [-0.3, -0.25) is 4.79 Å². The number of hydrogen-bond acceptors (Lipinski definition) is 4. The summed E-state index contributed by atoms with van der Waals surface area (Å²) in [5.41, 5.74) is 1.70. The Bertz CT molecular complexity index is 909. The van der Waals surface area contributed by atoms with Crippen molar-refractivity contribution in [1.29, 1.82) is 0 Å². The Labute approximate surface area is 146 Å². The molecule has 1 aliphatic heterocycles. The molecule has 0 amide bonds. The Morgan fingerprint density at radius 3 is 2.54 bits per heavy atom. The van der Waals surface area contributed by atoms with Crippen molar-refractivity contribution in [3.63, 3.8) is 0 Å². The maximum absolute atomic E-state index is 13.1. The van der Waals surface area contributed by atoms with E-state index in [2.05, 4.69) is 10.1 Å². The predicted molar refractivity (Wildman–Crippen MR) is 90.7 cm³/mol. The summed E-state index contributed by atoms with van der Waals surface area (Å²) < 4.78 is 14.4. The summed E-state index contributed by atoms with van der Waals surface area (Å²) >= 11 is 7.35. The van der Waals surface area contributed by atoms with E-state index in [1.807, 2.05) is 12.1 Å². The van der Waals surface area contributed by atoms with E-state index >= 15 is 0 Å². The van der Waals surface area contributed by atoms with E-state index in [1.165, 1.54) is 28.6 Å². The molecule has 0 radical (unpaired) electrons. The number of rotatable bonds is 2. The number of halogens is 2. The lowest BCUT2D eigenvalue weighted by atomic mass is 10.1. The number of carbonyl (C=O) groups is 1. The van der Waals surface area contributed by atoms with Crippen molar-refractivity contribution < 1.29 is 9.18 Å². The molecular formula is C17H11ClFN3OS. The zero-order valence-electron chi connectivity index (χ0n) is 12.3. The van der Waals surface area contributed by atoms with Gasteiger partial charge in [0.1, 0.15) is 5.82 Å². The van der Waals surface area contributed by atoms with E-state index in [9.17, 15) is 9.18 Å². The van der Waals surface area contributed by atoms with Crippen molar-refractivity contribution in [2.45, 2.75) is 16.8 Å². The van der Waals surface area contributed by atoms with E-state index in [1.54, 1.807) is 24.3 Å². The highest BCUT2D eigenvalue weighted by Gasteiger charge is 2.30. The normalized spacial score (nSPS) is 16.9. The highest BCUT2D eigenvalue weighted by atomic mass is 35.5. The maximum atomic E-state index is 13.1. The molecule has 0 bridgehead atoms. The molecule has 0 N–H and O–H groups in total. The van der Waals surface area contributed by atoms with Gasteiger partial charge in [-0.1, -0.05) is 35.5 Å². The third-order valence-corrected chi connectivity index (χ3v) is 5.22. The Balaban J connectivity index is 1.66. The van der Waals surface area contributed by atoms with Gasteiger partial charge < -0.3 is 0 Å². The van der Waals surface area contributed by atoms with E-state index in [4.69, 9.17) is 11.6 Å². The summed E-state index contributed by atoms with van der Waals surface area (Å²) in [6.45, 7) is 0. The SMILES string of the molecule is O=C1CC(c2ccc(F)cc2)Sc2nc(-c3ccc(Cl)cc3)nn21. The topological polar surface area (TPSA) is 47.8 Å². The first-order valence-corrected chi connectivity index (χ1v) is 8.54. The number of carbonyl (C=O) groups excluding carboxylic acids is 1. The van der Waals surface area contributed by atoms with Gasteiger partial charge in [-0.05, 0) is 42.0 Å². The summed E-state index contributed by atoms with van der Waals surface area (Å²) in [7, 11) is 0. The summed E-state index contributed by atoms with van der Waals surface area (Å²) in [6, 6.07) is 13.4. The van der Waals surface area contributed by atoms with Crippen LogP contribution in [0, 0.1) is 5.82 Å². The molecule has 2 aromatic carbocycles. The van der Waals surface area contributed by atoms with Gasteiger partial charge in [-0.15, -0.1) is 5.10 Å². The molecule has 0 saturated heterocycles. The van der Waals surface area contributed by atoms with Crippen molar-refractivity contribution in [1.82, 2.24) is 14.8 Å².